The van der Waals surface area contributed by atoms with Crippen molar-refractivity contribution in [1.29, 1.82) is 0 Å². The Morgan fingerprint density at radius 3 is 1.67 bits per heavy atom. The number of nitrogens with one attached hydrogen (secondary N) is 1. The first-order valence-corrected chi connectivity index (χ1v) is 14.1. The van der Waals surface area contributed by atoms with Crippen molar-refractivity contribution in [3.05, 3.63) is 161 Å². The van der Waals surface area contributed by atoms with E-state index in [0.29, 0.717) is 17.7 Å². The Bertz CT molecular complexity index is 1510. The molecule has 5 aromatic carbocycles. The number of phenols is 2. The van der Waals surface area contributed by atoms with Crippen molar-refractivity contribution < 1.29 is 19.7 Å². The summed E-state index contributed by atoms with van der Waals surface area (Å²) in [5.41, 5.74) is 4.39. The molecule has 222 valence electrons. The van der Waals surface area contributed by atoms with Crippen molar-refractivity contribution in [2.24, 2.45) is 0 Å². The second kappa shape index (κ2) is 16.8. The zero-order valence-corrected chi connectivity index (χ0v) is 25.2. The van der Waals surface area contributed by atoms with Crippen LogP contribution in [0.4, 0.5) is 0 Å². The van der Waals surface area contributed by atoms with Crippen LogP contribution in [0.5, 0.6) is 17.2 Å². The van der Waals surface area contributed by atoms with Crippen molar-refractivity contribution in [1.82, 2.24) is 5.32 Å². The number of ether oxygens (including phenoxy) is 1. The molecule has 5 rings (SSSR count). The van der Waals surface area contributed by atoms with Gasteiger partial charge in [0.05, 0.1) is 18.2 Å². The Kier molecular flexibility index (Phi) is 12.8. The van der Waals surface area contributed by atoms with Crippen LogP contribution in [0.2, 0.25) is 0 Å². The Balaban J connectivity index is 0.000000239. The van der Waals surface area contributed by atoms with Crippen LogP contribution in [0.15, 0.2) is 133 Å². The quantitative estimate of drug-likeness (QED) is 0.141. The predicted octanol–water partition coefficient (Wildman–Crippen LogP) is 8.32. The van der Waals surface area contributed by atoms with Crippen LogP contribution in [0, 0.1) is 0 Å². The van der Waals surface area contributed by atoms with Gasteiger partial charge in [-0.05, 0) is 60.8 Å². The van der Waals surface area contributed by atoms with E-state index < -0.39 is 5.78 Å². The van der Waals surface area contributed by atoms with Gasteiger partial charge in [-0.1, -0.05) is 103 Å². The van der Waals surface area contributed by atoms with E-state index in [9.17, 15) is 15.0 Å². The summed E-state index contributed by atoms with van der Waals surface area (Å²) in [7, 11) is 1.47. The second-order valence-corrected chi connectivity index (χ2v) is 9.98. The van der Waals surface area contributed by atoms with Gasteiger partial charge in [-0.25, -0.2) is 0 Å². The smallest absolute Gasteiger partial charge is 0.200 e. The maximum atomic E-state index is 12.1. The van der Waals surface area contributed by atoms with Gasteiger partial charge in [0.2, 0.25) is 0 Å². The van der Waals surface area contributed by atoms with Gasteiger partial charge in [0.25, 0.3) is 0 Å². The number of hydrogen-bond donors (Lipinski definition) is 3. The minimum Gasteiger partial charge on any atom is -0.507 e. The fourth-order valence-electron chi connectivity index (χ4n) is 4.84. The van der Waals surface area contributed by atoms with Crippen LogP contribution in [0.25, 0.3) is 0 Å². The number of halogens is 1. The Morgan fingerprint density at radius 1 is 0.674 bits per heavy atom. The molecule has 6 heteroatoms. The first-order chi connectivity index (χ1) is 20.5. The summed E-state index contributed by atoms with van der Waals surface area (Å²) in [4.78, 5) is 12.1. The highest BCUT2D eigenvalue weighted by molar-refractivity contribution is 6.12. The average Bonchev–Trinajstić information content (AvgIpc) is 3.04. The van der Waals surface area contributed by atoms with E-state index in [2.05, 4.69) is 103 Å². The summed E-state index contributed by atoms with van der Waals surface area (Å²) in [6.07, 6.45) is 1.09. The average molecular weight is 596 g/mol. The van der Waals surface area contributed by atoms with E-state index in [4.69, 9.17) is 4.74 Å². The fourth-order valence-corrected chi connectivity index (χ4v) is 4.84. The maximum Gasteiger partial charge on any atom is 0.200 e. The van der Waals surface area contributed by atoms with Crippen LogP contribution in [-0.2, 0) is 0 Å². The topological polar surface area (TPSA) is 78.8 Å². The summed E-state index contributed by atoms with van der Waals surface area (Å²) in [6.45, 7) is 3.22. The Morgan fingerprint density at radius 2 is 1.16 bits per heavy atom. The minimum atomic E-state index is -0.437. The van der Waals surface area contributed by atoms with Crippen molar-refractivity contribution in [2.75, 3.05) is 13.7 Å². The summed E-state index contributed by atoms with van der Waals surface area (Å²) in [5.74, 6) is 0.165. The first kappa shape index (κ1) is 32.9. The van der Waals surface area contributed by atoms with E-state index in [-0.39, 0.29) is 35.0 Å². The highest BCUT2D eigenvalue weighted by atomic mass is 35.5. The van der Waals surface area contributed by atoms with Crippen molar-refractivity contribution >= 4 is 18.2 Å². The van der Waals surface area contributed by atoms with E-state index in [0.717, 1.165) is 13.0 Å². The molecular weight excluding hydrogens is 558 g/mol. The number of hydrogen-bond acceptors (Lipinski definition) is 5. The summed E-state index contributed by atoms with van der Waals surface area (Å²) in [5, 5.41) is 23.0. The maximum absolute atomic E-state index is 12.1. The third-order valence-corrected chi connectivity index (χ3v) is 7.19. The van der Waals surface area contributed by atoms with Crippen LogP contribution in [-0.4, -0.2) is 29.7 Å². The van der Waals surface area contributed by atoms with Gasteiger partial charge >= 0.3 is 0 Å². The molecule has 0 aromatic heterocycles. The van der Waals surface area contributed by atoms with E-state index in [1.54, 1.807) is 18.2 Å². The molecule has 0 radical (unpaired) electrons. The zero-order valence-electron chi connectivity index (χ0n) is 24.4. The summed E-state index contributed by atoms with van der Waals surface area (Å²) >= 11 is 0. The molecule has 43 heavy (non-hydrogen) atoms. The molecule has 0 spiro atoms. The number of rotatable bonds is 10. The standard InChI is InChI=1S/C23H25N.C14H12O4.ClH/c1-19(20-11-5-2-6-12-20)24-18-17-23(21-13-7-3-8-14-21)22-15-9-4-10-16-22;1-18-9-6-7-11(13(16)8-9)14(17)10-4-2-3-5-12(10)15;/h2-16,19,23-24H,17-18H2,1H3;2-8,15-16H,1H3;1H. The zero-order chi connectivity index (χ0) is 29.7. The molecule has 0 bridgehead atoms. The van der Waals surface area contributed by atoms with Gasteiger partial charge in [0.15, 0.2) is 5.78 Å². The van der Waals surface area contributed by atoms with Crippen LogP contribution in [0.3, 0.4) is 0 Å². The van der Waals surface area contributed by atoms with Crippen LogP contribution in [0.1, 0.15) is 57.9 Å². The van der Waals surface area contributed by atoms with Crippen LogP contribution >= 0.6 is 12.4 Å². The van der Waals surface area contributed by atoms with Crippen molar-refractivity contribution in [3.8, 4) is 17.2 Å². The monoisotopic (exact) mass is 595 g/mol. The Labute approximate surface area is 260 Å². The second-order valence-electron chi connectivity index (χ2n) is 9.98. The van der Waals surface area contributed by atoms with Gasteiger partial charge in [-0.3, -0.25) is 4.79 Å². The highest BCUT2D eigenvalue weighted by Gasteiger charge is 2.17. The molecule has 0 fully saturated rings. The van der Waals surface area contributed by atoms with Gasteiger partial charge in [-0.2, -0.15) is 0 Å². The fraction of sp³-hybridized carbons (Fsp3) is 0.162. The third kappa shape index (κ3) is 9.20. The number of aromatic hydroxyl groups is 2. The highest BCUT2D eigenvalue weighted by Crippen LogP contribution is 2.29. The molecular formula is C37H38ClNO4. The van der Waals surface area contributed by atoms with Crippen molar-refractivity contribution in [3.63, 3.8) is 0 Å². The number of carbonyl (C=O) groups is 1. The number of phenolic OH excluding ortho intramolecular Hbond substituents is 2. The first-order valence-electron chi connectivity index (χ1n) is 14.1. The molecule has 0 aliphatic carbocycles. The molecule has 3 N–H and O–H groups in total. The largest absolute Gasteiger partial charge is 0.507 e. The third-order valence-electron chi connectivity index (χ3n) is 7.19. The molecule has 5 aromatic rings. The number of ketones is 1. The van der Waals surface area contributed by atoms with Crippen LogP contribution < -0.4 is 10.1 Å². The number of methoxy groups -OCH3 is 1. The minimum absolute atomic E-state index is 0. The lowest BCUT2D eigenvalue weighted by molar-refractivity contribution is 0.103. The van der Waals surface area contributed by atoms with Gasteiger partial charge in [-0.15, -0.1) is 12.4 Å². The van der Waals surface area contributed by atoms with E-state index in [1.165, 1.54) is 48.1 Å². The van der Waals surface area contributed by atoms with Gasteiger partial charge in [0.1, 0.15) is 17.2 Å². The molecule has 0 saturated carbocycles. The molecule has 0 saturated heterocycles. The lowest BCUT2D eigenvalue weighted by Gasteiger charge is -2.20. The van der Waals surface area contributed by atoms with E-state index in [1.807, 2.05) is 0 Å². The molecule has 0 heterocycles. The Hall–Kier alpha value is -4.58. The lowest BCUT2D eigenvalue weighted by Crippen LogP contribution is -2.21. The van der Waals surface area contributed by atoms with Gasteiger partial charge < -0.3 is 20.3 Å². The molecule has 1 atom stereocenters. The lowest BCUT2D eigenvalue weighted by atomic mass is 9.88. The number of para-hydroxylation sites is 1. The molecule has 1 unspecified atom stereocenters. The van der Waals surface area contributed by atoms with Gasteiger partial charge in [0, 0.05) is 18.0 Å². The molecule has 5 nitrogen and oxygen atoms in total. The number of carbonyl (C=O) groups excluding carboxylic acids is 1. The number of benzene rings is 5. The SMILES string of the molecule is CC(NCCC(c1ccccc1)c1ccccc1)c1ccccc1.COc1ccc(C(=O)c2ccccc2O)c(O)c1.Cl. The summed E-state index contributed by atoms with van der Waals surface area (Å²) < 4.78 is 4.94. The molecule has 0 amide bonds. The molecule has 0 aliphatic heterocycles. The summed E-state index contributed by atoms with van der Waals surface area (Å²) in [6, 6.07) is 43.2. The predicted molar refractivity (Wildman–Crippen MR) is 176 cm³/mol. The van der Waals surface area contributed by atoms with E-state index >= 15 is 0 Å². The molecule has 0 aliphatic rings. The normalized spacial score (nSPS) is 11.0. The van der Waals surface area contributed by atoms with Crippen molar-refractivity contribution in [2.45, 2.75) is 25.3 Å².